The van der Waals surface area contributed by atoms with Crippen LogP contribution in [0, 0.1) is 5.92 Å². The molecule has 1 aliphatic heterocycles. The molecule has 1 fully saturated rings. The number of nitrogens with zero attached hydrogens (tertiary/aromatic N) is 1. The molecule has 0 saturated carbocycles. The van der Waals surface area contributed by atoms with Gasteiger partial charge in [0, 0.05) is 29.2 Å². The van der Waals surface area contributed by atoms with Crippen LogP contribution in [-0.2, 0) is 11.3 Å². The third-order valence-corrected chi connectivity index (χ3v) is 4.96. The van der Waals surface area contributed by atoms with E-state index >= 15 is 0 Å². The third kappa shape index (κ3) is 5.98. The average Bonchev–Trinajstić information content (AvgIpc) is 2.62. The van der Waals surface area contributed by atoms with Gasteiger partial charge >= 0.3 is 0 Å². The number of carbonyl (C=O) groups excluding carboxylic acids is 1. The normalized spacial score (nSPS) is 15.7. The van der Waals surface area contributed by atoms with Crippen molar-refractivity contribution in [2.75, 3.05) is 18.4 Å². The van der Waals surface area contributed by atoms with Crippen LogP contribution in [0.5, 0.6) is 5.75 Å². The van der Waals surface area contributed by atoms with E-state index in [0.717, 1.165) is 48.9 Å². The number of hydrogen-bond acceptors (Lipinski definition) is 3. The van der Waals surface area contributed by atoms with E-state index < -0.39 is 0 Å². The van der Waals surface area contributed by atoms with E-state index in [2.05, 4.69) is 16.3 Å². The van der Waals surface area contributed by atoms with Crippen LogP contribution in [0.4, 0.5) is 5.69 Å². The van der Waals surface area contributed by atoms with Crippen molar-refractivity contribution in [3.63, 3.8) is 0 Å². The smallest absolute Gasteiger partial charge is 0.227 e. The predicted molar refractivity (Wildman–Crippen MR) is 110 cm³/mol. The first-order chi connectivity index (χ1) is 13.0. The zero-order chi connectivity index (χ0) is 19.2. The van der Waals surface area contributed by atoms with Crippen LogP contribution in [-0.4, -0.2) is 30.0 Å². The van der Waals surface area contributed by atoms with E-state index in [0.29, 0.717) is 0 Å². The zero-order valence-electron chi connectivity index (χ0n) is 16.0. The highest BCUT2D eigenvalue weighted by Crippen LogP contribution is 2.23. The molecule has 1 saturated heterocycles. The molecule has 2 aromatic rings. The van der Waals surface area contributed by atoms with E-state index in [9.17, 15) is 4.79 Å². The summed E-state index contributed by atoms with van der Waals surface area (Å²) in [6.07, 6.45) is 1.85. The molecule has 0 spiro atoms. The molecule has 5 heteroatoms. The molecule has 1 amide bonds. The number of hydrogen-bond donors (Lipinski definition) is 1. The molecule has 1 aliphatic rings. The number of nitrogens with one attached hydrogen (secondary N) is 1. The first-order valence-electron chi connectivity index (χ1n) is 9.54. The Hall–Kier alpha value is -2.04. The van der Waals surface area contributed by atoms with Gasteiger partial charge in [-0.3, -0.25) is 9.69 Å². The molecule has 2 aromatic carbocycles. The highest BCUT2D eigenvalue weighted by Gasteiger charge is 2.25. The Kier molecular flexibility index (Phi) is 6.75. The van der Waals surface area contributed by atoms with E-state index in [1.165, 1.54) is 5.56 Å². The van der Waals surface area contributed by atoms with E-state index in [1.807, 2.05) is 56.3 Å². The van der Waals surface area contributed by atoms with Crippen molar-refractivity contribution in [2.24, 2.45) is 5.92 Å². The van der Waals surface area contributed by atoms with Crippen molar-refractivity contribution in [2.45, 2.75) is 39.3 Å². The minimum atomic E-state index is 0.0512. The molecule has 0 atom stereocenters. The molecule has 0 aliphatic carbocycles. The molecule has 0 radical (unpaired) electrons. The standard InChI is InChI=1S/C22H27ClN2O2/c1-16(2)27-21-8-4-7-20(14-21)24-22(26)18-9-11-25(12-10-18)15-17-5-3-6-19(23)13-17/h3-8,13-14,16,18H,9-12,15H2,1-2H3,(H,24,26). The molecule has 144 valence electrons. The van der Waals surface area contributed by atoms with Crippen molar-refractivity contribution >= 4 is 23.2 Å². The first kappa shape index (κ1) is 19.7. The maximum absolute atomic E-state index is 12.6. The van der Waals surface area contributed by atoms with Gasteiger partial charge in [0.1, 0.15) is 5.75 Å². The Balaban J connectivity index is 1.50. The fourth-order valence-electron chi connectivity index (χ4n) is 3.41. The quantitative estimate of drug-likeness (QED) is 0.761. The largest absolute Gasteiger partial charge is 0.491 e. The van der Waals surface area contributed by atoms with Gasteiger partial charge in [-0.25, -0.2) is 0 Å². The number of amides is 1. The Labute approximate surface area is 166 Å². The van der Waals surface area contributed by atoms with E-state index in [1.54, 1.807) is 0 Å². The molecule has 0 bridgehead atoms. The Bertz CT molecular complexity index is 770. The maximum atomic E-state index is 12.6. The van der Waals surface area contributed by atoms with Gasteiger partial charge in [0.05, 0.1) is 6.10 Å². The number of likely N-dealkylation sites (tertiary alicyclic amines) is 1. The predicted octanol–water partition coefficient (Wildman–Crippen LogP) is 4.98. The van der Waals surface area contributed by atoms with Gasteiger partial charge in [-0.2, -0.15) is 0 Å². The summed E-state index contributed by atoms with van der Waals surface area (Å²) in [7, 11) is 0. The van der Waals surface area contributed by atoms with Gasteiger partial charge in [-0.05, 0) is 69.6 Å². The number of benzene rings is 2. The highest BCUT2D eigenvalue weighted by atomic mass is 35.5. The molecular weight excluding hydrogens is 360 g/mol. The number of rotatable bonds is 6. The fourth-order valence-corrected chi connectivity index (χ4v) is 3.62. The van der Waals surface area contributed by atoms with Crippen molar-refractivity contribution < 1.29 is 9.53 Å². The number of piperidine rings is 1. The zero-order valence-corrected chi connectivity index (χ0v) is 16.7. The van der Waals surface area contributed by atoms with Gasteiger partial charge in [0.25, 0.3) is 0 Å². The highest BCUT2D eigenvalue weighted by molar-refractivity contribution is 6.30. The Morgan fingerprint density at radius 2 is 1.93 bits per heavy atom. The number of anilines is 1. The number of ether oxygens (including phenoxy) is 1. The lowest BCUT2D eigenvalue weighted by Gasteiger charge is -2.31. The SMILES string of the molecule is CC(C)Oc1cccc(NC(=O)C2CCN(Cc3cccc(Cl)c3)CC2)c1. The van der Waals surface area contributed by atoms with Gasteiger partial charge in [0.15, 0.2) is 0 Å². The molecule has 3 rings (SSSR count). The second-order valence-electron chi connectivity index (χ2n) is 7.36. The van der Waals surface area contributed by atoms with Crippen LogP contribution < -0.4 is 10.1 Å². The summed E-state index contributed by atoms with van der Waals surface area (Å²) in [6, 6.07) is 15.6. The van der Waals surface area contributed by atoms with E-state index in [4.69, 9.17) is 16.3 Å². The minimum absolute atomic E-state index is 0.0512. The minimum Gasteiger partial charge on any atom is -0.491 e. The lowest BCUT2D eigenvalue weighted by Crippen LogP contribution is -2.37. The summed E-state index contributed by atoms with van der Waals surface area (Å²) >= 11 is 6.06. The van der Waals surface area contributed by atoms with Crippen molar-refractivity contribution in [3.8, 4) is 5.75 Å². The molecule has 0 unspecified atom stereocenters. The number of carbonyl (C=O) groups is 1. The van der Waals surface area contributed by atoms with Gasteiger partial charge in [-0.15, -0.1) is 0 Å². The van der Waals surface area contributed by atoms with Crippen molar-refractivity contribution in [1.82, 2.24) is 4.90 Å². The third-order valence-electron chi connectivity index (χ3n) is 4.73. The van der Waals surface area contributed by atoms with Crippen molar-refractivity contribution in [1.29, 1.82) is 0 Å². The molecule has 27 heavy (non-hydrogen) atoms. The summed E-state index contributed by atoms with van der Waals surface area (Å²) in [4.78, 5) is 15.0. The first-order valence-corrected chi connectivity index (χ1v) is 9.92. The average molecular weight is 387 g/mol. The fraction of sp³-hybridized carbons (Fsp3) is 0.409. The monoisotopic (exact) mass is 386 g/mol. The maximum Gasteiger partial charge on any atom is 0.227 e. The summed E-state index contributed by atoms with van der Waals surface area (Å²) in [5, 5.41) is 3.81. The topological polar surface area (TPSA) is 41.6 Å². The van der Waals surface area contributed by atoms with Gasteiger partial charge in [0.2, 0.25) is 5.91 Å². The van der Waals surface area contributed by atoms with Gasteiger partial charge in [-0.1, -0.05) is 29.8 Å². The second kappa shape index (κ2) is 9.25. The Morgan fingerprint density at radius 3 is 2.63 bits per heavy atom. The second-order valence-corrected chi connectivity index (χ2v) is 7.80. The van der Waals surface area contributed by atoms with Crippen LogP contribution >= 0.6 is 11.6 Å². The molecule has 1 N–H and O–H groups in total. The van der Waals surface area contributed by atoms with Crippen LogP contribution in [0.15, 0.2) is 48.5 Å². The summed E-state index contributed by atoms with van der Waals surface area (Å²) < 4.78 is 5.69. The molecular formula is C22H27ClN2O2. The van der Waals surface area contributed by atoms with Crippen LogP contribution in [0.3, 0.4) is 0 Å². The van der Waals surface area contributed by atoms with Crippen molar-refractivity contribution in [3.05, 3.63) is 59.1 Å². The number of halogens is 1. The molecule has 4 nitrogen and oxygen atoms in total. The molecule has 0 aromatic heterocycles. The van der Waals surface area contributed by atoms with Crippen LogP contribution in [0.2, 0.25) is 5.02 Å². The van der Waals surface area contributed by atoms with Crippen LogP contribution in [0.1, 0.15) is 32.3 Å². The lowest BCUT2D eigenvalue weighted by atomic mass is 9.95. The lowest BCUT2D eigenvalue weighted by molar-refractivity contribution is -0.121. The van der Waals surface area contributed by atoms with Crippen LogP contribution in [0.25, 0.3) is 0 Å². The summed E-state index contributed by atoms with van der Waals surface area (Å²) in [6.45, 7) is 6.69. The summed E-state index contributed by atoms with van der Waals surface area (Å²) in [5.74, 6) is 0.925. The summed E-state index contributed by atoms with van der Waals surface area (Å²) in [5.41, 5.74) is 2.01. The van der Waals surface area contributed by atoms with E-state index in [-0.39, 0.29) is 17.9 Å². The van der Waals surface area contributed by atoms with Gasteiger partial charge < -0.3 is 10.1 Å². The Morgan fingerprint density at radius 1 is 1.19 bits per heavy atom. The molecule has 1 heterocycles.